The van der Waals surface area contributed by atoms with E-state index in [0.717, 1.165) is 0 Å². The molecule has 2 aliphatic carbocycles. The SMILES string of the molecule is CC1=CC2=C(C)C(C3=C(C)SC4C=CC=C34)=CC2S1. The van der Waals surface area contributed by atoms with Crippen LogP contribution >= 0.6 is 23.5 Å². The second kappa shape index (κ2) is 4.07. The maximum Gasteiger partial charge on any atom is 0.0533 e. The summed E-state index contributed by atoms with van der Waals surface area (Å²) >= 11 is 3.99. The van der Waals surface area contributed by atoms with Crippen LogP contribution in [0.1, 0.15) is 20.8 Å². The highest BCUT2D eigenvalue weighted by Crippen LogP contribution is 2.53. The molecule has 4 rings (SSSR count). The fraction of sp³-hybridized carbons (Fsp3) is 0.294. The molecule has 0 bridgehead atoms. The lowest BCUT2D eigenvalue weighted by atomic mass is 9.93. The zero-order valence-electron chi connectivity index (χ0n) is 11.4. The Hall–Kier alpha value is -0.860. The molecular formula is C17H16S2. The van der Waals surface area contributed by atoms with Gasteiger partial charge in [0.15, 0.2) is 0 Å². The summed E-state index contributed by atoms with van der Waals surface area (Å²) in [5.41, 5.74) is 7.51. The summed E-state index contributed by atoms with van der Waals surface area (Å²) in [7, 11) is 0. The predicted octanol–water partition coefficient (Wildman–Crippen LogP) is 5.15. The lowest BCUT2D eigenvalue weighted by Gasteiger charge is -2.10. The molecule has 0 aromatic carbocycles. The number of hydrogen-bond acceptors (Lipinski definition) is 2. The van der Waals surface area contributed by atoms with Crippen LogP contribution in [0.25, 0.3) is 0 Å². The van der Waals surface area contributed by atoms with Gasteiger partial charge in [-0.25, -0.2) is 0 Å². The van der Waals surface area contributed by atoms with Gasteiger partial charge in [0.1, 0.15) is 0 Å². The summed E-state index contributed by atoms with van der Waals surface area (Å²) in [6.07, 6.45) is 11.7. The van der Waals surface area contributed by atoms with Crippen molar-refractivity contribution >= 4 is 23.5 Å². The van der Waals surface area contributed by atoms with Crippen molar-refractivity contribution in [2.24, 2.45) is 0 Å². The number of allylic oxidation sites excluding steroid dienone is 8. The Morgan fingerprint density at radius 1 is 1.05 bits per heavy atom. The van der Waals surface area contributed by atoms with Gasteiger partial charge in [-0.05, 0) is 64.5 Å². The topological polar surface area (TPSA) is 0 Å². The van der Waals surface area contributed by atoms with Gasteiger partial charge in [-0.1, -0.05) is 24.3 Å². The van der Waals surface area contributed by atoms with Crippen molar-refractivity contribution in [3.05, 3.63) is 68.1 Å². The Morgan fingerprint density at radius 2 is 1.89 bits per heavy atom. The second-order valence-corrected chi connectivity index (χ2v) is 8.17. The molecule has 2 aliphatic heterocycles. The highest BCUT2D eigenvalue weighted by molar-refractivity contribution is 8.04. The molecule has 2 heterocycles. The maximum absolute atomic E-state index is 2.48. The summed E-state index contributed by atoms with van der Waals surface area (Å²) in [5.74, 6) is 0. The normalized spacial score (nSPS) is 31.8. The lowest BCUT2D eigenvalue weighted by Crippen LogP contribution is -1.98. The molecule has 2 unspecified atom stereocenters. The lowest BCUT2D eigenvalue weighted by molar-refractivity contribution is 1.27. The van der Waals surface area contributed by atoms with E-state index in [-0.39, 0.29) is 0 Å². The third kappa shape index (κ3) is 1.63. The third-order valence-corrected chi connectivity index (χ3v) is 6.57. The largest absolute Gasteiger partial charge is 0.118 e. The van der Waals surface area contributed by atoms with E-state index >= 15 is 0 Å². The Balaban J connectivity index is 1.80. The molecule has 96 valence electrons. The van der Waals surface area contributed by atoms with Gasteiger partial charge in [0, 0.05) is 0 Å². The molecule has 0 nitrogen and oxygen atoms in total. The Kier molecular flexibility index (Phi) is 2.55. The van der Waals surface area contributed by atoms with Gasteiger partial charge in [-0.3, -0.25) is 0 Å². The molecule has 2 atom stereocenters. The second-order valence-electron chi connectivity index (χ2n) is 5.43. The molecule has 19 heavy (non-hydrogen) atoms. The molecule has 2 heteroatoms. The van der Waals surface area contributed by atoms with Crippen LogP contribution in [-0.4, -0.2) is 10.5 Å². The average molecular weight is 284 g/mol. The Bertz CT molecular complexity index is 665. The third-order valence-electron chi connectivity index (χ3n) is 4.22. The molecule has 0 saturated carbocycles. The summed E-state index contributed by atoms with van der Waals surface area (Å²) in [6, 6.07) is 0. The van der Waals surface area contributed by atoms with Gasteiger partial charge in [0.2, 0.25) is 0 Å². The zero-order chi connectivity index (χ0) is 13.1. The monoisotopic (exact) mass is 284 g/mol. The fourth-order valence-corrected chi connectivity index (χ4v) is 5.72. The average Bonchev–Trinajstić information content (AvgIpc) is 3.04. The van der Waals surface area contributed by atoms with Gasteiger partial charge in [0.25, 0.3) is 0 Å². The minimum atomic E-state index is 0.564. The van der Waals surface area contributed by atoms with Gasteiger partial charge < -0.3 is 0 Å². The van der Waals surface area contributed by atoms with E-state index in [4.69, 9.17) is 0 Å². The number of hydrogen-bond donors (Lipinski definition) is 0. The fourth-order valence-electron chi connectivity index (χ4n) is 3.33. The predicted molar refractivity (Wildman–Crippen MR) is 87.2 cm³/mol. The molecule has 0 aromatic rings. The highest BCUT2D eigenvalue weighted by atomic mass is 32.2. The zero-order valence-corrected chi connectivity index (χ0v) is 13.0. The number of rotatable bonds is 1. The van der Waals surface area contributed by atoms with Crippen LogP contribution in [0.15, 0.2) is 68.1 Å². The van der Waals surface area contributed by atoms with Crippen LogP contribution in [0, 0.1) is 0 Å². The molecule has 0 amide bonds. The van der Waals surface area contributed by atoms with E-state index in [0.29, 0.717) is 10.5 Å². The smallest absolute Gasteiger partial charge is 0.0533 e. The van der Waals surface area contributed by atoms with Gasteiger partial charge in [-0.2, -0.15) is 0 Å². The molecule has 0 fully saturated rings. The quantitative estimate of drug-likeness (QED) is 0.653. The van der Waals surface area contributed by atoms with E-state index in [1.165, 1.54) is 37.7 Å². The molecule has 0 spiro atoms. The van der Waals surface area contributed by atoms with Crippen LogP contribution in [0.2, 0.25) is 0 Å². The summed E-state index contributed by atoms with van der Waals surface area (Å²) in [6.45, 7) is 6.78. The standard InChI is InChI=1S/C17H16S2/c1-9-7-13-10(2)14(8-16(13)18-9)17-11(3)19-15-6-4-5-12(15)17/h4-8,15-16H,1-3H3. The summed E-state index contributed by atoms with van der Waals surface area (Å²) < 4.78 is 0. The first-order chi connectivity index (χ1) is 9.15. The van der Waals surface area contributed by atoms with Gasteiger partial charge in [-0.15, -0.1) is 23.5 Å². The van der Waals surface area contributed by atoms with Crippen molar-refractivity contribution in [2.75, 3.05) is 0 Å². The van der Waals surface area contributed by atoms with Crippen molar-refractivity contribution in [1.29, 1.82) is 0 Å². The Morgan fingerprint density at radius 3 is 2.68 bits per heavy atom. The Labute approximate surface area is 123 Å². The van der Waals surface area contributed by atoms with Crippen molar-refractivity contribution in [3.63, 3.8) is 0 Å². The van der Waals surface area contributed by atoms with Crippen LogP contribution in [0.4, 0.5) is 0 Å². The minimum Gasteiger partial charge on any atom is -0.118 e. The van der Waals surface area contributed by atoms with E-state index in [9.17, 15) is 0 Å². The van der Waals surface area contributed by atoms with Crippen molar-refractivity contribution in [2.45, 2.75) is 31.3 Å². The van der Waals surface area contributed by atoms with E-state index in [1.807, 2.05) is 23.5 Å². The molecular weight excluding hydrogens is 268 g/mol. The highest BCUT2D eigenvalue weighted by Gasteiger charge is 2.35. The molecule has 0 aromatic heterocycles. The first-order valence-electron chi connectivity index (χ1n) is 6.70. The van der Waals surface area contributed by atoms with Gasteiger partial charge in [0.05, 0.1) is 10.5 Å². The maximum atomic E-state index is 2.48. The number of fused-ring (bicyclic) bond motifs is 2. The van der Waals surface area contributed by atoms with Crippen LogP contribution in [0.5, 0.6) is 0 Å². The van der Waals surface area contributed by atoms with E-state index in [2.05, 4.69) is 51.2 Å². The molecule has 0 radical (unpaired) electrons. The first-order valence-corrected chi connectivity index (χ1v) is 8.45. The molecule has 0 N–H and O–H groups in total. The van der Waals surface area contributed by atoms with Crippen molar-refractivity contribution in [3.8, 4) is 0 Å². The van der Waals surface area contributed by atoms with Crippen LogP contribution < -0.4 is 0 Å². The van der Waals surface area contributed by atoms with Gasteiger partial charge >= 0.3 is 0 Å². The van der Waals surface area contributed by atoms with Crippen molar-refractivity contribution < 1.29 is 0 Å². The first kappa shape index (κ1) is 11.9. The number of thioether (sulfide) groups is 2. The molecule has 0 saturated heterocycles. The van der Waals surface area contributed by atoms with Crippen LogP contribution in [-0.2, 0) is 0 Å². The summed E-state index contributed by atoms with van der Waals surface area (Å²) in [5, 5.41) is 1.13. The van der Waals surface area contributed by atoms with E-state index in [1.54, 1.807) is 0 Å². The summed E-state index contributed by atoms with van der Waals surface area (Å²) in [4.78, 5) is 2.93. The van der Waals surface area contributed by atoms with Crippen LogP contribution in [0.3, 0.4) is 0 Å². The van der Waals surface area contributed by atoms with Crippen molar-refractivity contribution in [1.82, 2.24) is 0 Å². The van der Waals surface area contributed by atoms with E-state index < -0.39 is 0 Å². The molecule has 4 aliphatic rings. The minimum absolute atomic E-state index is 0.564.